The van der Waals surface area contributed by atoms with Gasteiger partial charge < -0.3 is 24.9 Å². The van der Waals surface area contributed by atoms with Crippen LogP contribution in [0, 0.1) is 51.5 Å². The molecule has 5 fully saturated rings. The minimum atomic E-state index is -0.600. The van der Waals surface area contributed by atoms with Crippen molar-refractivity contribution in [3.05, 3.63) is 5.21 Å². The first kappa shape index (κ1) is 34.2. The first-order valence-corrected chi connectivity index (χ1v) is 18.1. The molecule has 0 bridgehead atoms. The second kappa shape index (κ2) is 12.8. The van der Waals surface area contributed by atoms with Gasteiger partial charge in [0.1, 0.15) is 6.10 Å². The van der Waals surface area contributed by atoms with E-state index in [0.29, 0.717) is 42.1 Å². The van der Waals surface area contributed by atoms with E-state index in [9.17, 15) is 19.9 Å². The van der Waals surface area contributed by atoms with Crippen LogP contribution in [0.25, 0.3) is 0 Å². The van der Waals surface area contributed by atoms with Crippen molar-refractivity contribution >= 4 is 11.9 Å². The van der Waals surface area contributed by atoms with Crippen molar-refractivity contribution < 1.29 is 24.2 Å². The molecular weight excluding hydrogens is 554 g/mol. The number of piperidine rings is 1. The third-order valence-electron chi connectivity index (χ3n) is 13.9. The fourth-order valence-corrected chi connectivity index (χ4v) is 11.8. The van der Waals surface area contributed by atoms with Crippen LogP contribution >= 0.6 is 0 Å². The number of carbonyl (C=O) groups excluding carboxylic acids is 2. The lowest BCUT2D eigenvalue weighted by Crippen LogP contribution is -2.59. The summed E-state index contributed by atoms with van der Waals surface area (Å²) in [5.74, 6) is 3.85. The summed E-state index contributed by atoms with van der Waals surface area (Å²) in [6, 6.07) is 0. The number of carbonyl (C=O) groups is 2. The van der Waals surface area contributed by atoms with Gasteiger partial charge in [0.25, 0.3) is 0 Å². The molecule has 9 atom stereocenters. The van der Waals surface area contributed by atoms with Crippen LogP contribution in [-0.2, 0) is 19.1 Å². The van der Waals surface area contributed by atoms with Crippen molar-refractivity contribution in [2.75, 3.05) is 6.61 Å². The molecule has 7 heteroatoms. The van der Waals surface area contributed by atoms with E-state index in [1.54, 1.807) is 0 Å². The molecular formula is C37H62NO6-. The van der Waals surface area contributed by atoms with Crippen LogP contribution in [0.2, 0.25) is 0 Å². The Morgan fingerprint density at radius 1 is 0.864 bits per heavy atom. The highest BCUT2D eigenvalue weighted by Crippen LogP contribution is 2.68. The van der Waals surface area contributed by atoms with Gasteiger partial charge in [-0.3, -0.25) is 9.59 Å². The highest BCUT2D eigenvalue weighted by molar-refractivity contribution is 5.77. The first-order chi connectivity index (χ1) is 20.6. The molecule has 4 saturated carbocycles. The van der Waals surface area contributed by atoms with E-state index < -0.39 is 17.0 Å². The molecule has 0 amide bonds. The van der Waals surface area contributed by atoms with Crippen LogP contribution < -0.4 is 0 Å². The highest BCUT2D eigenvalue weighted by Gasteiger charge is 2.60. The standard InChI is InChI=1S/C37H62NO6/c1-24(9-8-20-43-32(40)14-15-33(41)44-27-22-34(2,3)38(42)35(4,5)23-27)29-12-13-30-28-11-10-25-21-26(39)16-18-36(25,6)31(28)17-19-37(29,30)7/h24-31,39H,8-23H2,1-7H3/q-1/t24-,25?,26-,28+,29-,30+,31+,36+,37-/m1/s1. The van der Waals surface area contributed by atoms with Gasteiger partial charge in [-0.2, -0.15) is 0 Å². The molecule has 252 valence electrons. The molecule has 7 nitrogen and oxygen atoms in total. The topological polar surface area (TPSA) is 99.1 Å². The summed E-state index contributed by atoms with van der Waals surface area (Å²) in [6.07, 6.45) is 13.8. The second-order valence-corrected chi connectivity index (χ2v) is 17.6. The Bertz CT molecular complexity index is 1030. The third kappa shape index (κ3) is 6.63. The Labute approximate surface area is 267 Å². The maximum atomic E-state index is 12.6. The third-order valence-corrected chi connectivity index (χ3v) is 13.9. The number of ether oxygens (including phenoxy) is 2. The minimum Gasteiger partial charge on any atom is -0.784 e. The zero-order valence-electron chi connectivity index (χ0n) is 28.9. The van der Waals surface area contributed by atoms with Gasteiger partial charge in [-0.05, 0) is 145 Å². The van der Waals surface area contributed by atoms with E-state index in [1.807, 2.05) is 27.7 Å². The molecule has 1 heterocycles. The summed E-state index contributed by atoms with van der Waals surface area (Å²) < 4.78 is 11.2. The monoisotopic (exact) mass is 616 g/mol. The van der Waals surface area contributed by atoms with E-state index in [0.717, 1.165) is 54.4 Å². The average Bonchev–Trinajstić information content (AvgIpc) is 3.30. The maximum absolute atomic E-state index is 12.6. The first-order valence-electron chi connectivity index (χ1n) is 18.1. The summed E-state index contributed by atoms with van der Waals surface area (Å²) >= 11 is 0. The van der Waals surface area contributed by atoms with Gasteiger partial charge in [-0.25, -0.2) is 0 Å². The predicted octanol–water partition coefficient (Wildman–Crippen LogP) is 7.81. The largest absolute Gasteiger partial charge is 0.784 e. The quantitative estimate of drug-likeness (QED) is 0.208. The van der Waals surface area contributed by atoms with Crippen LogP contribution in [0.5, 0.6) is 0 Å². The van der Waals surface area contributed by atoms with Crippen molar-refractivity contribution in [1.82, 2.24) is 5.06 Å². The van der Waals surface area contributed by atoms with Crippen molar-refractivity contribution in [3.63, 3.8) is 0 Å². The van der Waals surface area contributed by atoms with Crippen molar-refractivity contribution in [2.45, 2.75) is 168 Å². The highest BCUT2D eigenvalue weighted by atomic mass is 16.6. The van der Waals surface area contributed by atoms with Crippen LogP contribution in [0.15, 0.2) is 0 Å². The molecule has 0 aromatic carbocycles. The van der Waals surface area contributed by atoms with E-state index in [4.69, 9.17) is 9.47 Å². The van der Waals surface area contributed by atoms with E-state index in [-0.39, 0.29) is 31.0 Å². The molecule has 0 aromatic heterocycles. The lowest BCUT2D eigenvalue weighted by Gasteiger charge is -2.61. The number of nitrogens with zero attached hydrogens (tertiary/aromatic N) is 1. The molecule has 1 saturated heterocycles. The van der Waals surface area contributed by atoms with Gasteiger partial charge in [-0.1, -0.05) is 20.8 Å². The normalized spacial score (nSPS) is 40.8. The van der Waals surface area contributed by atoms with Crippen LogP contribution in [0.4, 0.5) is 0 Å². The SMILES string of the molecule is C[C@H](CCCOC(=O)CCC(=O)OC1CC(C)(C)N([O-])C(C)(C)C1)[C@H]1CC[C@H]2[C@@H]3CCC4C[C@H](O)CC[C@]4(C)[C@H]3CC[C@]12C. The molecule has 44 heavy (non-hydrogen) atoms. The van der Waals surface area contributed by atoms with Gasteiger partial charge in [0.2, 0.25) is 0 Å². The van der Waals surface area contributed by atoms with Crippen molar-refractivity contribution in [3.8, 4) is 0 Å². The lowest BCUT2D eigenvalue weighted by molar-refractivity contribution is -0.160. The van der Waals surface area contributed by atoms with Crippen LogP contribution in [0.1, 0.15) is 145 Å². The number of aliphatic hydroxyl groups excluding tert-OH is 1. The lowest BCUT2D eigenvalue weighted by atomic mass is 9.44. The van der Waals surface area contributed by atoms with Crippen molar-refractivity contribution in [1.29, 1.82) is 0 Å². The number of hydroxylamine groups is 2. The summed E-state index contributed by atoms with van der Waals surface area (Å²) in [5.41, 5.74) is -0.352. The molecule has 0 radical (unpaired) electrons. The Morgan fingerprint density at radius 3 is 2.20 bits per heavy atom. The molecule has 5 rings (SSSR count). The molecule has 1 unspecified atom stereocenters. The van der Waals surface area contributed by atoms with Crippen molar-refractivity contribution in [2.24, 2.45) is 46.3 Å². The van der Waals surface area contributed by atoms with Gasteiger partial charge in [0, 0.05) is 23.9 Å². The molecule has 0 spiro atoms. The number of aliphatic hydroxyl groups is 1. The van der Waals surface area contributed by atoms with Crippen LogP contribution in [-0.4, -0.2) is 52.0 Å². The number of rotatable bonds is 9. The summed E-state index contributed by atoms with van der Waals surface area (Å²) in [5, 5.41) is 24.0. The number of hydrogen-bond acceptors (Lipinski definition) is 7. The summed E-state index contributed by atoms with van der Waals surface area (Å²) in [6.45, 7) is 15.5. The minimum absolute atomic E-state index is 0.0119. The Morgan fingerprint density at radius 2 is 1.50 bits per heavy atom. The molecule has 0 aromatic rings. The van der Waals surface area contributed by atoms with Gasteiger partial charge in [0.05, 0.1) is 25.6 Å². The smallest absolute Gasteiger partial charge is 0.306 e. The fraction of sp³-hybridized carbons (Fsp3) is 0.946. The summed E-state index contributed by atoms with van der Waals surface area (Å²) in [7, 11) is 0. The predicted molar refractivity (Wildman–Crippen MR) is 172 cm³/mol. The van der Waals surface area contributed by atoms with E-state index >= 15 is 0 Å². The maximum Gasteiger partial charge on any atom is 0.306 e. The molecule has 5 aliphatic rings. The number of hydrogen-bond donors (Lipinski definition) is 1. The fourth-order valence-electron chi connectivity index (χ4n) is 11.8. The van der Waals surface area contributed by atoms with Crippen LogP contribution in [0.3, 0.4) is 0 Å². The van der Waals surface area contributed by atoms with E-state index in [1.165, 1.54) is 44.9 Å². The Hall–Kier alpha value is -1.18. The number of esters is 2. The summed E-state index contributed by atoms with van der Waals surface area (Å²) in [4.78, 5) is 24.9. The average molecular weight is 617 g/mol. The number of fused-ring (bicyclic) bond motifs is 5. The molecule has 1 aliphatic heterocycles. The zero-order valence-corrected chi connectivity index (χ0v) is 28.9. The molecule has 4 aliphatic carbocycles. The molecule has 1 N–H and O–H groups in total. The zero-order chi connectivity index (χ0) is 32.1. The van der Waals surface area contributed by atoms with E-state index in [2.05, 4.69) is 20.8 Å². The van der Waals surface area contributed by atoms with Gasteiger partial charge in [0.15, 0.2) is 0 Å². The second-order valence-electron chi connectivity index (χ2n) is 17.6. The Kier molecular flexibility index (Phi) is 9.93. The van der Waals surface area contributed by atoms with Gasteiger partial charge >= 0.3 is 11.9 Å². The Balaban J connectivity index is 1.02. The van der Waals surface area contributed by atoms with Gasteiger partial charge in [-0.15, -0.1) is 0 Å².